The number of ether oxygens (including phenoxy) is 2. The van der Waals surface area contributed by atoms with Gasteiger partial charge in [-0.3, -0.25) is 4.90 Å². The predicted molar refractivity (Wildman–Crippen MR) is 197 cm³/mol. The van der Waals surface area contributed by atoms with E-state index < -0.39 is 35.6 Å². The number of fused-ring (bicyclic) bond motifs is 2. The molecule has 0 spiro atoms. The van der Waals surface area contributed by atoms with Crippen molar-refractivity contribution in [3.8, 4) is 29.0 Å². The highest BCUT2D eigenvalue weighted by atomic mass is 35.5. The van der Waals surface area contributed by atoms with Gasteiger partial charge in [-0.15, -0.1) is 11.3 Å². The zero-order valence-electron chi connectivity index (χ0n) is 28.8. The number of nitrogens with zero attached hydrogens (tertiary/aromatic N) is 6. The highest BCUT2D eigenvalue weighted by molar-refractivity contribution is 7.23. The second-order valence-electron chi connectivity index (χ2n) is 13.7. The number of hydrogen-bond donors (Lipinski definition) is 2. The zero-order valence-corrected chi connectivity index (χ0v) is 30.3. The van der Waals surface area contributed by atoms with Gasteiger partial charge in [-0.25, -0.2) is 18.2 Å². The summed E-state index contributed by atoms with van der Waals surface area (Å²) in [5.41, 5.74) is 11.5. The van der Waals surface area contributed by atoms with Crippen molar-refractivity contribution >= 4 is 60.6 Å². The lowest BCUT2D eigenvalue weighted by atomic mass is 9.95. The molecule has 6 heterocycles. The number of anilines is 3. The summed E-state index contributed by atoms with van der Waals surface area (Å²) in [5.74, 6) is -1.67. The van der Waals surface area contributed by atoms with Crippen molar-refractivity contribution in [1.29, 1.82) is 5.26 Å². The molecule has 0 unspecified atom stereocenters. The molecule has 0 aliphatic carbocycles. The molecule has 3 aliphatic rings. The van der Waals surface area contributed by atoms with E-state index in [1.807, 2.05) is 11.0 Å². The van der Waals surface area contributed by atoms with Gasteiger partial charge < -0.3 is 25.8 Å². The lowest BCUT2D eigenvalue weighted by Gasteiger charge is -2.33. The summed E-state index contributed by atoms with van der Waals surface area (Å²) in [4.78, 5) is 17.1. The second kappa shape index (κ2) is 13.9. The number of hydrogen-bond acceptors (Lipinski definition) is 11. The number of thiophene rings is 1. The van der Waals surface area contributed by atoms with E-state index in [2.05, 4.69) is 9.97 Å². The maximum atomic E-state index is 17.4. The Kier molecular flexibility index (Phi) is 9.33. The highest BCUT2D eigenvalue weighted by Crippen LogP contribution is 2.52. The van der Waals surface area contributed by atoms with Gasteiger partial charge in [0.15, 0.2) is 11.6 Å². The second-order valence-corrected chi connectivity index (χ2v) is 15.1. The van der Waals surface area contributed by atoms with E-state index in [1.165, 1.54) is 12.3 Å². The number of nitriles is 1. The first kappa shape index (κ1) is 36.9. The SMILES string of the molecule is N#Cc1c(N)sc2c(F)ccc(-c3c(Cl)c4c5c(nc(OC[C@@]67CCCN6C[C@H](F)C7)nc5c3F)N([C@H](C/C=C/C(F)(F)F)c3cccnc3N)CCO4)c12. The Bertz CT molecular complexity index is 2420. The van der Waals surface area contributed by atoms with Crippen molar-refractivity contribution in [2.75, 3.05) is 49.2 Å². The van der Waals surface area contributed by atoms with Crippen LogP contribution in [0.1, 0.15) is 42.9 Å². The van der Waals surface area contributed by atoms with E-state index in [1.54, 1.807) is 17.0 Å². The largest absolute Gasteiger partial charge is 0.489 e. The summed E-state index contributed by atoms with van der Waals surface area (Å²) >= 11 is 7.86. The molecule has 4 N–H and O–H groups in total. The Morgan fingerprint density at radius 3 is 2.76 bits per heavy atom. The van der Waals surface area contributed by atoms with E-state index in [0.717, 1.165) is 29.9 Å². The third-order valence-corrected chi connectivity index (χ3v) is 11.9. The van der Waals surface area contributed by atoms with Gasteiger partial charge in [-0.1, -0.05) is 29.8 Å². The number of allylic oxidation sites excluding steroid dienone is 1. The molecule has 3 atom stereocenters. The summed E-state index contributed by atoms with van der Waals surface area (Å²) < 4.78 is 99.8. The van der Waals surface area contributed by atoms with Crippen LogP contribution in [0.3, 0.4) is 0 Å². The van der Waals surface area contributed by atoms with Gasteiger partial charge in [0.2, 0.25) is 0 Å². The van der Waals surface area contributed by atoms with Crippen molar-refractivity contribution in [3.05, 3.63) is 70.4 Å². The summed E-state index contributed by atoms with van der Waals surface area (Å²) in [5, 5.41) is 9.78. The van der Waals surface area contributed by atoms with Gasteiger partial charge in [-0.2, -0.15) is 28.4 Å². The smallest absolute Gasteiger partial charge is 0.409 e. The number of pyridine rings is 1. The molecular weight excluding hydrogens is 770 g/mol. The van der Waals surface area contributed by atoms with Gasteiger partial charge in [0.05, 0.1) is 38.8 Å². The Balaban J connectivity index is 1.36. The fraction of sp³-hybridized carbons (Fsp3) is 0.351. The summed E-state index contributed by atoms with van der Waals surface area (Å²) in [7, 11) is 0. The fourth-order valence-electron chi connectivity index (χ4n) is 8.16. The van der Waals surface area contributed by atoms with E-state index >= 15 is 8.78 Å². The lowest BCUT2D eigenvalue weighted by Crippen LogP contribution is -2.43. The molecule has 10 nitrogen and oxygen atoms in total. The van der Waals surface area contributed by atoms with Crippen LogP contribution in [-0.2, 0) is 0 Å². The number of halogens is 7. The third kappa shape index (κ3) is 6.39. The molecule has 18 heteroatoms. The van der Waals surface area contributed by atoms with Gasteiger partial charge >= 0.3 is 12.2 Å². The minimum Gasteiger partial charge on any atom is -0.489 e. The van der Waals surface area contributed by atoms with E-state index in [0.29, 0.717) is 18.5 Å². The van der Waals surface area contributed by atoms with Crippen LogP contribution in [-0.4, -0.2) is 70.6 Å². The normalized spacial score (nSPS) is 20.5. The van der Waals surface area contributed by atoms with Gasteiger partial charge in [-0.05, 0) is 43.5 Å². The van der Waals surface area contributed by atoms with Crippen molar-refractivity contribution in [2.24, 2.45) is 0 Å². The van der Waals surface area contributed by atoms with Crippen molar-refractivity contribution in [3.63, 3.8) is 0 Å². The molecule has 0 saturated carbocycles. The fourth-order valence-corrected chi connectivity index (χ4v) is 9.44. The van der Waals surface area contributed by atoms with Crippen LogP contribution in [0.15, 0.2) is 42.6 Å². The quantitative estimate of drug-likeness (QED) is 0.116. The standard InChI is InChI=1S/C37H31ClF6N8O2S/c38-27-25(20-6-7-22(40)31-24(20)21(15-45)33(47)55-31)28(41)29-26-30(27)53-13-12-52(23(5-1-9-37(42,43)44)19-4-2-10-48-32(19)46)34(26)50-35(49-29)54-17-36-8-3-11-51(36)16-18(39)14-36/h1-2,4,6-7,9-10,18,23H,3,5,8,11-14,16-17,47H2,(H2,46,48)/b9-1+/t18-,23-,36+/m1/s1. The molecule has 0 amide bonds. The number of nitrogens with two attached hydrogens (primary N) is 2. The van der Waals surface area contributed by atoms with Crippen molar-refractivity contribution in [2.45, 2.75) is 49.6 Å². The highest BCUT2D eigenvalue weighted by Gasteiger charge is 2.49. The van der Waals surface area contributed by atoms with Crippen LogP contribution in [0.5, 0.6) is 11.8 Å². The molecule has 0 radical (unpaired) electrons. The van der Waals surface area contributed by atoms with Crippen LogP contribution in [0, 0.1) is 23.0 Å². The lowest BCUT2D eigenvalue weighted by molar-refractivity contribution is -0.0800. The average Bonchev–Trinajstić information content (AvgIpc) is 3.74. The third-order valence-electron chi connectivity index (χ3n) is 10.5. The molecule has 2 saturated heterocycles. The molecule has 3 aromatic heterocycles. The predicted octanol–water partition coefficient (Wildman–Crippen LogP) is 8.28. The topological polar surface area (TPSA) is 139 Å². The maximum Gasteiger partial charge on any atom is 0.409 e. The number of alkyl halides is 4. The number of nitrogen functional groups attached to an aromatic ring is 2. The Hall–Kier alpha value is -5.05. The minimum absolute atomic E-state index is 0.00589. The summed E-state index contributed by atoms with van der Waals surface area (Å²) in [6.07, 6.45) is -1.68. The van der Waals surface area contributed by atoms with Gasteiger partial charge in [0.25, 0.3) is 0 Å². The summed E-state index contributed by atoms with van der Waals surface area (Å²) in [6.45, 7) is 0.795. The Labute approximate surface area is 318 Å². The van der Waals surface area contributed by atoms with Crippen LogP contribution >= 0.6 is 22.9 Å². The molecule has 2 fully saturated rings. The Morgan fingerprint density at radius 2 is 2.00 bits per heavy atom. The summed E-state index contributed by atoms with van der Waals surface area (Å²) in [6, 6.07) is 6.34. The monoisotopic (exact) mass is 800 g/mol. The molecule has 55 heavy (non-hydrogen) atoms. The van der Waals surface area contributed by atoms with Crippen molar-refractivity contribution in [1.82, 2.24) is 19.9 Å². The van der Waals surface area contributed by atoms with E-state index in [9.17, 15) is 22.8 Å². The van der Waals surface area contributed by atoms with Crippen LogP contribution in [0.2, 0.25) is 5.02 Å². The van der Waals surface area contributed by atoms with Gasteiger partial charge in [0.1, 0.15) is 53.4 Å². The van der Waals surface area contributed by atoms with E-state index in [-0.39, 0.29) is 116 Å². The minimum atomic E-state index is -4.60. The number of aromatic nitrogens is 3. The molecule has 5 aromatic rings. The molecule has 0 bridgehead atoms. The molecule has 3 aliphatic heterocycles. The van der Waals surface area contributed by atoms with Crippen LogP contribution in [0.25, 0.3) is 32.1 Å². The van der Waals surface area contributed by atoms with Gasteiger partial charge in [0, 0.05) is 41.8 Å². The number of benzene rings is 2. The zero-order chi connectivity index (χ0) is 38.8. The van der Waals surface area contributed by atoms with Crippen LogP contribution in [0.4, 0.5) is 43.0 Å². The molecular formula is C37H31ClF6N8O2S. The van der Waals surface area contributed by atoms with Crippen LogP contribution < -0.4 is 25.8 Å². The first-order valence-corrected chi connectivity index (χ1v) is 18.5. The van der Waals surface area contributed by atoms with E-state index in [4.69, 9.17) is 37.5 Å². The van der Waals surface area contributed by atoms with Crippen molar-refractivity contribution < 1.29 is 35.8 Å². The Morgan fingerprint density at radius 1 is 1.18 bits per heavy atom. The first-order valence-electron chi connectivity index (χ1n) is 17.3. The maximum absolute atomic E-state index is 17.4. The molecule has 286 valence electrons. The molecule has 8 rings (SSSR count). The number of rotatable bonds is 8. The molecule has 2 aromatic carbocycles. The average molecular weight is 801 g/mol. The first-order chi connectivity index (χ1) is 26.3.